The van der Waals surface area contributed by atoms with Gasteiger partial charge in [-0.05, 0) is 24.6 Å². The number of aromatic amines is 1. The zero-order valence-corrected chi connectivity index (χ0v) is 8.87. The monoisotopic (exact) mass is 221 g/mol. The van der Waals surface area contributed by atoms with Crippen molar-refractivity contribution in [3.05, 3.63) is 35.8 Å². The van der Waals surface area contributed by atoms with Crippen LogP contribution in [0, 0.1) is 5.82 Å². The van der Waals surface area contributed by atoms with Crippen LogP contribution in [-0.2, 0) is 9.53 Å². The summed E-state index contributed by atoms with van der Waals surface area (Å²) in [6.07, 6.45) is 1.95. The maximum absolute atomic E-state index is 13.3. The molecule has 2 aromatic rings. The van der Waals surface area contributed by atoms with Gasteiger partial charge in [-0.1, -0.05) is 6.92 Å². The molecular weight excluding hydrogens is 209 g/mol. The molecule has 0 aliphatic carbocycles. The summed E-state index contributed by atoms with van der Waals surface area (Å²) < 4.78 is 18.3. The van der Waals surface area contributed by atoms with Crippen LogP contribution in [-0.4, -0.2) is 11.5 Å². The summed E-state index contributed by atoms with van der Waals surface area (Å²) >= 11 is 0. The van der Waals surface area contributed by atoms with E-state index in [9.17, 15) is 9.18 Å². The van der Waals surface area contributed by atoms with E-state index < -0.39 is 6.10 Å². The molecule has 0 fully saturated rings. The summed E-state index contributed by atoms with van der Waals surface area (Å²) in [7, 11) is 0. The molecule has 16 heavy (non-hydrogen) atoms. The van der Waals surface area contributed by atoms with Crippen LogP contribution in [0.4, 0.5) is 4.39 Å². The van der Waals surface area contributed by atoms with Gasteiger partial charge >= 0.3 is 0 Å². The number of benzene rings is 1. The molecule has 84 valence electrons. The summed E-state index contributed by atoms with van der Waals surface area (Å²) in [6, 6.07) is 4.68. The smallest absolute Gasteiger partial charge is 0.293 e. The minimum absolute atomic E-state index is 0.335. The fourth-order valence-corrected chi connectivity index (χ4v) is 1.88. The molecule has 1 aromatic carbocycles. The van der Waals surface area contributed by atoms with Gasteiger partial charge in [0.2, 0.25) is 0 Å². The van der Waals surface area contributed by atoms with Crippen LogP contribution in [0.25, 0.3) is 10.9 Å². The molecule has 1 aromatic heterocycles. The number of aromatic nitrogens is 1. The first-order valence-electron chi connectivity index (χ1n) is 5.12. The molecule has 0 radical (unpaired) electrons. The number of ether oxygens (including phenoxy) is 1. The second kappa shape index (κ2) is 4.35. The molecule has 3 nitrogen and oxygen atoms in total. The van der Waals surface area contributed by atoms with Gasteiger partial charge in [0.15, 0.2) is 0 Å². The van der Waals surface area contributed by atoms with Gasteiger partial charge in [-0.15, -0.1) is 0 Å². The number of hydrogen-bond acceptors (Lipinski definition) is 2. The Labute approximate surface area is 92.2 Å². The van der Waals surface area contributed by atoms with E-state index in [1.807, 2.05) is 13.0 Å². The average Bonchev–Trinajstić information content (AvgIpc) is 2.72. The van der Waals surface area contributed by atoms with Gasteiger partial charge in [0, 0.05) is 22.7 Å². The molecule has 1 atom stereocenters. The molecule has 0 bridgehead atoms. The summed E-state index contributed by atoms with van der Waals surface area (Å²) in [6.45, 7) is 2.29. The fraction of sp³-hybridized carbons (Fsp3) is 0.250. The number of halogens is 1. The highest BCUT2D eigenvalue weighted by Crippen LogP contribution is 2.28. The molecule has 1 heterocycles. The molecule has 0 spiro atoms. The minimum Gasteiger partial charge on any atom is -0.460 e. The number of fused-ring (bicyclic) bond motifs is 1. The van der Waals surface area contributed by atoms with Gasteiger partial charge in [0.25, 0.3) is 6.47 Å². The topological polar surface area (TPSA) is 42.1 Å². The van der Waals surface area contributed by atoms with Crippen LogP contribution in [0.5, 0.6) is 0 Å². The predicted molar refractivity (Wildman–Crippen MR) is 58.4 cm³/mol. The Hall–Kier alpha value is -1.84. The van der Waals surface area contributed by atoms with Crippen LogP contribution in [0.2, 0.25) is 0 Å². The van der Waals surface area contributed by atoms with E-state index in [2.05, 4.69) is 4.98 Å². The lowest BCUT2D eigenvalue weighted by Gasteiger charge is -2.14. The molecule has 0 amide bonds. The number of carbonyl (C=O) groups is 1. The average molecular weight is 221 g/mol. The summed E-state index contributed by atoms with van der Waals surface area (Å²) in [5.74, 6) is -0.335. The molecule has 4 heteroatoms. The standard InChI is InChI=1S/C12H12FNO2/c1-2-12(16-7-15)10-5-8(13)6-11-9(10)3-4-14-11/h3-7,12,14H,2H2,1H3. The van der Waals surface area contributed by atoms with E-state index in [1.54, 1.807) is 6.20 Å². The van der Waals surface area contributed by atoms with Crippen LogP contribution in [0.1, 0.15) is 25.0 Å². The zero-order valence-electron chi connectivity index (χ0n) is 8.87. The summed E-state index contributed by atoms with van der Waals surface area (Å²) in [5.41, 5.74) is 1.41. The first-order valence-corrected chi connectivity index (χ1v) is 5.12. The third-order valence-corrected chi connectivity index (χ3v) is 2.60. The third-order valence-electron chi connectivity index (χ3n) is 2.60. The Morgan fingerprint density at radius 3 is 3.06 bits per heavy atom. The van der Waals surface area contributed by atoms with Crippen molar-refractivity contribution >= 4 is 17.4 Å². The molecule has 1 unspecified atom stereocenters. The Bertz CT molecular complexity index is 507. The predicted octanol–water partition coefficient (Wildman–Crippen LogP) is 2.93. The first-order chi connectivity index (χ1) is 7.76. The van der Waals surface area contributed by atoms with Crippen LogP contribution < -0.4 is 0 Å². The molecule has 0 aliphatic heterocycles. The van der Waals surface area contributed by atoms with E-state index in [4.69, 9.17) is 4.74 Å². The molecule has 0 saturated carbocycles. The summed E-state index contributed by atoms with van der Waals surface area (Å²) in [5, 5.41) is 0.884. The largest absolute Gasteiger partial charge is 0.460 e. The molecular formula is C12H12FNO2. The Kier molecular flexibility index (Phi) is 2.90. The van der Waals surface area contributed by atoms with E-state index in [-0.39, 0.29) is 5.82 Å². The highest BCUT2D eigenvalue weighted by atomic mass is 19.1. The minimum atomic E-state index is -0.397. The van der Waals surface area contributed by atoms with Crippen molar-refractivity contribution in [2.45, 2.75) is 19.4 Å². The molecule has 0 saturated heterocycles. The van der Waals surface area contributed by atoms with Crippen molar-refractivity contribution in [3.8, 4) is 0 Å². The number of nitrogens with one attached hydrogen (secondary N) is 1. The van der Waals surface area contributed by atoms with Crippen molar-refractivity contribution in [1.82, 2.24) is 4.98 Å². The number of hydrogen-bond donors (Lipinski definition) is 1. The number of H-pyrrole nitrogens is 1. The van der Waals surface area contributed by atoms with Crippen molar-refractivity contribution < 1.29 is 13.9 Å². The van der Waals surface area contributed by atoms with Crippen molar-refractivity contribution in [1.29, 1.82) is 0 Å². The van der Waals surface area contributed by atoms with Crippen LogP contribution in [0.3, 0.4) is 0 Å². The van der Waals surface area contributed by atoms with Crippen molar-refractivity contribution in [2.75, 3.05) is 0 Å². The second-order valence-corrected chi connectivity index (χ2v) is 3.56. The van der Waals surface area contributed by atoms with Gasteiger partial charge in [-0.2, -0.15) is 0 Å². The highest BCUT2D eigenvalue weighted by Gasteiger charge is 2.15. The fourth-order valence-electron chi connectivity index (χ4n) is 1.88. The lowest BCUT2D eigenvalue weighted by atomic mass is 10.0. The number of rotatable bonds is 4. The third kappa shape index (κ3) is 1.78. The highest BCUT2D eigenvalue weighted by molar-refractivity contribution is 5.83. The number of carbonyl (C=O) groups excluding carboxylic acids is 1. The van der Waals surface area contributed by atoms with E-state index in [1.165, 1.54) is 12.1 Å². The van der Waals surface area contributed by atoms with E-state index in [0.717, 1.165) is 5.39 Å². The Balaban J connectivity index is 2.56. The van der Waals surface area contributed by atoms with Crippen molar-refractivity contribution in [3.63, 3.8) is 0 Å². The first kappa shape index (κ1) is 10.7. The Morgan fingerprint density at radius 1 is 1.56 bits per heavy atom. The normalized spacial score (nSPS) is 12.6. The van der Waals surface area contributed by atoms with Gasteiger partial charge in [0.1, 0.15) is 11.9 Å². The van der Waals surface area contributed by atoms with Gasteiger partial charge < -0.3 is 9.72 Å². The van der Waals surface area contributed by atoms with Crippen LogP contribution >= 0.6 is 0 Å². The quantitative estimate of drug-likeness (QED) is 0.806. The van der Waals surface area contributed by atoms with Gasteiger partial charge in [-0.25, -0.2) is 4.39 Å². The van der Waals surface area contributed by atoms with E-state index >= 15 is 0 Å². The molecule has 2 rings (SSSR count). The van der Waals surface area contributed by atoms with Gasteiger partial charge in [0.05, 0.1) is 0 Å². The lowest BCUT2D eigenvalue weighted by Crippen LogP contribution is -2.02. The lowest BCUT2D eigenvalue weighted by molar-refractivity contribution is -0.134. The SMILES string of the molecule is CCC(OC=O)c1cc(F)cc2[nH]ccc12. The van der Waals surface area contributed by atoms with Gasteiger partial charge in [-0.3, -0.25) is 4.79 Å². The van der Waals surface area contributed by atoms with E-state index in [0.29, 0.717) is 24.0 Å². The summed E-state index contributed by atoms with van der Waals surface area (Å²) in [4.78, 5) is 13.3. The van der Waals surface area contributed by atoms with Crippen LogP contribution in [0.15, 0.2) is 24.4 Å². The molecule has 1 N–H and O–H groups in total. The Morgan fingerprint density at radius 2 is 2.38 bits per heavy atom. The maximum atomic E-state index is 13.3. The maximum Gasteiger partial charge on any atom is 0.293 e. The zero-order chi connectivity index (χ0) is 11.5. The van der Waals surface area contributed by atoms with Crippen molar-refractivity contribution in [2.24, 2.45) is 0 Å². The molecule has 0 aliphatic rings. The second-order valence-electron chi connectivity index (χ2n) is 3.56.